The summed E-state index contributed by atoms with van der Waals surface area (Å²) >= 11 is 0. The highest BCUT2D eigenvalue weighted by molar-refractivity contribution is 6.03. The van der Waals surface area contributed by atoms with Crippen LogP contribution in [0.15, 0.2) is 30.6 Å². The van der Waals surface area contributed by atoms with E-state index in [9.17, 15) is 9.59 Å². The van der Waals surface area contributed by atoms with Crippen LogP contribution >= 0.6 is 0 Å². The second kappa shape index (κ2) is 5.25. The van der Waals surface area contributed by atoms with E-state index in [1.165, 1.54) is 17.9 Å². The average molecular weight is 261 g/mol. The number of aliphatic carboxylic acids is 1. The Bertz CT molecular complexity index is 579. The molecule has 2 N–H and O–H groups in total. The van der Waals surface area contributed by atoms with Crippen LogP contribution in [0, 0.1) is 5.92 Å². The Balaban J connectivity index is 2.07. The van der Waals surface area contributed by atoms with Gasteiger partial charge in [0, 0.05) is 5.69 Å². The van der Waals surface area contributed by atoms with Crippen molar-refractivity contribution < 1.29 is 14.7 Å². The van der Waals surface area contributed by atoms with Crippen LogP contribution in [0.3, 0.4) is 0 Å². The zero-order valence-electron chi connectivity index (χ0n) is 10.0. The van der Waals surface area contributed by atoms with Crippen LogP contribution in [-0.4, -0.2) is 37.2 Å². The number of tetrazole rings is 1. The number of hydrogen-bond acceptors (Lipinski definition) is 5. The summed E-state index contributed by atoms with van der Waals surface area (Å²) in [7, 11) is 0. The highest BCUT2D eigenvalue weighted by Crippen LogP contribution is 2.13. The summed E-state index contributed by atoms with van der Waals surface area (Å²) in [5.74, 6) is -2.83. The van der Waals surface area contributed by atoms with Gasteiger partial charge in [0.15, 0.2) is 0 Å². The molecule has 1 aromatic carbocycles. The molecule has 1 heterocycles. The van der Waals surface area contributed by atoms with Crippen molar-refractivity contribution in [3.63, 3.8) is 0 Å². The highest BCUT2D eigenvalue weighted by Gasteiger charge is 2.20. The fourth-order valence-corrected chi connectivity index (χ4v) is 1.34. The second-order valence-corrected chi connectivity index (χ2v) is 3.85. The summed E-state index contributed by atoms with van der Waals surface area (Å²) in [5.41, 5.74) is 1.24. The maximum atomic E-state index is 11.5. The molecule has 1 aromatic heterocycles. The minimum absolute atomic E-state index is 0.509. The smallest absolute Gasteiger partial charge is 0.315 e. The minimum Gasteiger partial charge on any atom is -0.481 e. The molecule has 19 heavy (non-hydrogen) atoms. The number of nitrogens with zero attached hydrogens (tertiary/aromatic N) is 4. The van der Waals surface area contributed by atoms with Crippen molar-refractivity contribution in [3.05, 3.63) is 30.6 Å². The molecule has 0 fully saturated rings. The molecule has 1 unspecified atom stereocenters. The van der Waals surface area contributed by atoms with Gasteiger partial charge in [-0.2, -0.15) is 0 Å². The lowest BCUT2D eigenvalue weighted by Crippen LogP contribution is -2.26. The predicted molar refractivity (Wildman–Crippen MR) is 64.6 cm³/mol. The van der Waals surface area contributed by atoms with E-state index < -0.39 is 17.8 Å². The Morgan fingerprint density at radius 1 is 1.32 bits per heavy atom. The quantitative estimate of drug-likeness (QED) is 0.767. The number of nitrogens with one attached hydrogen (secondary N) is 1. The Kier molecular flexibility index (Phi) is 3.51. The van der Waals surface area contributed by atoms with Crippen LogP contribution in [0.4, 0.5) is 5.69 Å². The van der Waals surface area contributed by atoms with Gasteiger partial charge in [-0.05, 0) is 41.6 Å². The number of rotatable bonds is 4. The first-order valence-corrected chi connectivity index (χ1v) is 5.45. The average Bonchev–Trinajstić information content (AvgIpc) is 2.92. The molecule has 0 aliphatic rings. The second-order valence-electron chi connectivity index (χ2n) is 3.85. The summed E-state index contributed by atoms with van der Waals surface area (Å²) in [5, 5.41) is 22.0. The van der Waals surface area contributed by atoms with Crippen LogP contribution in [-0.2, 0) is 9.59 Å². The standard InChI is InChI=1S/C11H11N5O3/c1-7(11(18)19)10(17)13-8-2-4-9(5-3-8)16-6-12-14-15-16/h2-7H,1H3,(H,13,17)(H,18,19). The molecule has 8 heteroatoms. The molecule has 0 aliphatic carbocycles. The third-order valence-corrected chi connectivity index (χ3v) is 2.51. The fraction of sp³-hybridized carbons (Fsp3) is 0.182. The van der Waals surface area contributed by atoms with Crippen molar-refractivity contribution >= 4 is 17.6 Å². The van der Waals surface area contributed by atoms with Crippen LogP contribution in [0.25, 0.3) is 5.69 Å². The van der Waals surface area contributed by atoms with Crippen LogP contribution < -0.4 is 5.32 Å². The van der Waals surface area contributed by atoms with Crippen LogP contribution in [0.5, 0.6) is 0 Å². The summed E-state index contributed by atoms with van der Waals surface area (Å²) in [6.07, 6.45) is 1.44. The largest absolute Gasteiger partial charge is 0.481 e. The van der Waals surface area contributed by atoms with Crippen LogP contribution in [0.1, 0.15) is 6.92 Å². The number of benzene rings is 1. The number of carboxylic acids is 1. The van der Waals surface area contributed by atoms with E-state index in [0.717, 1.165) is 5.69 Å². The molecule has 0 radical (unpaired) electrons. The molecule has 0 spiro atoms. The maximum absolute atomic E-state index is 11.5. The van der Waals surface area contributed by atoms with Gasteiger partial charge in [-0.25, -0.2) is 4.68 Å². The molecule has 2 aromatic rings. The highest BCUT2D eigenvalue weighted by atomic mass is 16.4. The lowest BCUT2D eigenvalue weighted by Gasteiger charge is -2.08. The van der Waals surface area contributed by atoms with Crippen molar-refractivity contribution in [2.45, 2.75) is 6.92 Å². The van der Waals surface area contributed by atoms with Gasteiger partial charge in [-0.1, -0.05) is 0 Å². The number of anilines is 1. The minimum atomic E-state index is -1.16. The van der Waals surface area contributed by atoms with E-state index >= 15 is 0 Å². The van der Waals surface area contributed by atoms with Gasteiger partial charge in [0.1, 0.15) is 12.2 Å². The first kappa shape index (κ1) is 12.7. The molecular weight excluding hydrogens is 250 g/mol. The summed E-state index contributed by atoms with van der Waals surface area (Å²) < 4.78 is 1.46. The topological polar surface area (TPSA) is 110 Å². The number of carboxylic acid groups (broad SMARTS) is 1. The van der Waals surface area contributed by atoms with Crippen molar-refractivity contribution in [2.75, 3.05) is 5.32 Å². The normalized spacial score (nSPS) is 11.8. The summed E-state index contributed by atoms with van der Waals surface area (Å²) in [6, 6.07) is 6.70. The molecule has 0 aliphatic heterocycles. The van der Waals surface area contributed by atoms with Gasteiger partial charge >= 0.3 is 5.97 Å². The lowest BCUT2D eigenvalue weighted by molar-refractivity contribution is -0.144. The zero-order chi connectivity index (χ0) is 13.8. The molecule has 1 amide bonds. The van der Waals surface area contributed by atoms with Crippen LogP contribution in [0.2, 0.25) is 0 Å². The van der Waals surface area contributed by atoms with E-state index in [0.29, 0.717) is 5.69 Å². The van der Waals surface area contributed by atoms with Gasteiger partial charge in [0.2, 0.25) is 5.91 Å². The van der Waals surface area contributed by atoms with E-state index in [4.69, 9.17) is 5.11 Å². The Morgan fingerprint density at radius 3 is 2.53 bits per heavy atom. The molecule has 98 valence electrons. The van der Waals surface area contributed by atoms with E-state index in [-0.39, 0.29) is 0 Å². The number of carbonyl (C=O) groups excluding carboxylic acids is 1. The van der Waals surface area contributed by atoms with Gasteiger partial charge in [-0.3, -0.25) is 9.59 Å². The van der Waals surface area contributed by atoms with Gasteiger partial charge in [0.05, 0.1) is 5.69 Å². The van der Waals surface area contributed by atoms with Gasteiger partial charge in [0.25, 0.3) is 0 Å². The monoisotopic (exact) mass is 261 g/mol. The SMILES string of the molecule is CC(C(=O)O)C(=O)Nc1ccc(-n2cnnn2)cc1. The molecular formula is C11H11N5O3. The number of amides is 1. The summed E-state index contributed by atoms with van der Waals surface area (Å²) in [4.78, 5) is 22.2. The summed E-state index contributed by atoms with van der Waals surface area (Å²) in [6.45, 7) is 1.33. The first-order chi connectivity index (χ1) is 9.08. The number of aromatic nitrogens is 4. The zero-order valence-corrected chi connectivity index (χ0v) is 10.0. The first-order valence-electron chi connectivity index (χ1n) is 5.45. The van der Waals surface area contributed by atoms with Crippen molar-refractivity contribution in [2.24, 2.45) is 5.92 Å². The van der Waals surface area contributed by atoms with E-state index in [2.05, 4.69) is 20.8 Å². The van der Waals surface area contributed by atoms with Crippen molar-refractivity contribution in [3.8, 4) is 5.69 Å². The molecule has 2 rings (SSSR count). The van der Waals surface area contributed by atoms with E-state index in [1.807, 2.05) is 0 Å². The number of hydrogen-bond donors (Lipinski definition) is 2. The molecule has 0 bridgehead atoms. The number of carbonyl (C=O) groups is 2. The molecule has 0 saturated carbocycles. The molecule has 0 saturated heterocycles. The molecule has 1 atom stereocenters. The Labute approximate surface area is 108 Å². The maximum Gasteiger partial charge on any atom is 0.315 e. The van der Waals surface area contributed by atoms with Gasteiger partial charge < -0.3 is 10.4 Å². The predicted octanol–water partition coefficient (Wildman–Crippen LogP) is 0.321. The Morgan fingerprint density at radius 2 is 2.00 bits per heavy atom. The van der Waals surface area contributed by atoms with Gasteiger partial charge in [-0.15, -0.1) is 5.10 Å². The fourth-order valence-electron chi connectivity index (χ4n) is 1.34. The van der Waals surface area contributed by atoms with Crippen molar-refractivity contribution in [1.29, 1.82) is 0 Å². The Hall–Kier alpha value is -2.77. The van der Waals surface area contributed by atoms with Crippen molar-refractivity contribution in [1.82, 2.24) is 20.2 Å². The molecule has 8 nitrogen and oxygen atoms in total. The third kappa shape index (κ3) is 2.92. The third-order valence-electron chi connectivity index (χ3n) is 2.51. The van der Waals surface area contributed by atoms with E-state index in [1.54, 1.807) is 24.3 Å². The lowest BCUT2D eigenvalue weighted by atomic mass is 10.1.